The third-order valence-electron chi connectivity index (χ3n) is 2.24. The maximum Gasteiger partial charge on any atom is 0.111 e. The molecule has 1 heterocycles. The number of rotatable bonds is 0. The van der Waals surface area contributed by atoms with Gasteiger partial charge in [0.25, 0.3) is 0 Å². The number of allylic oxidation sites excluding steroid dienone is 1. The Morgan fingerprint density at radius 1 is 1.27 bits per heavy atom. The van der Waals surface area contributed by atoms with Gasteiger partial charge in [-0.05, 0) is 25.8 Å². The highest BCUT2D eigenvalue weighted by atomic mass is 16.3. The lowest BCUT2D eigenvalue weighted by atomic mass is 9.97. The molecule has 1 aliphatic rings. The van der Waals surface area contributed by atoms with Crippen LogP contribution in [0.5, 0.6) is 0 Å². The van der Waals surface area contributed by atoms with Crippen LogP contribution in [0.15, 0.2) is 16.3 Å². The van der Waals surface area contributed by atoms with E-state index in [0.717, 1.165) is 18.6 Å². The summed E-state index contributed by atoms with van der Waals surface area (Å²) in [5.41, 5.74) is 4.04. The Bertz CT molecular complexity index is 305. The summed E-state index contributed by atoms with van der Waals surface area (Å²) in [4.78, 5) is 0. The van der Waals surface area contributed by atoms with Crippen LogP contribution >= 0.6 is 0 Å². The predicted octanol–water partition coefficient (Wildman–Crippen LogP) is 2.94. The van der Waals surface area contributed by atoms with Gasteiger partial charge >= 0.3 is 0 Å². The van der Waals surface area contributed by atoms with Crippen molar-refractivity contribution < 1.29 is 4.42 Å². The monoisotopic (exact) mass is 148 g/mol. The second-order valence-electron chi connectivity index (χ2n) is 3.25. The largest absolute Gasteiger partial charge is 0.468 e. The summed E-state index contributed by atoms with van der Waals surface area (Å²) < 4.78 is 5.39. The smallest absolute Gasteiger partial charge is 0.111 e. The van der Waals surface area contributed by atoms with Crippen LogP contribution in [0.1, 0.15) is 30.2 Å². The van der Waals surface area contributed by atoms with Crippen molar-refractivity contribution in [2.24, 2.45) is 0 Å². The highest BCUT2D eigenvalue weighted by Gasteiger charge is 2.12. The standard InChI is InChI=1S/C10H12O/c1-7-3-4-10-9(5-7)8(2)6-11-10/h5-6H,3-4H2,1-2H3. The SMILES string of the molecule is CC1=Cc2c(C)coc2CC1. The molecule has 1 aromatic heterocycles. The van der Waals surface area contributed by atoms with Gasteiger partial charge in [-0.25, -0.2) is 0 Å². The fraction of sp³-hybridized carbons (Fsp3) is 0.400. The molecule has 58 valence electrons. The summed E-state index contributed by atoms with van der Waals surface area (Å²) in [7, 11) is 0. The molecule has 2 rings (SSSR count). The van der Waals surface area contributed by atoms with E-state index < -0.39 is 0 Å². The average molecular weight is 148 g/mol. The van der Waals surface area contributed by atoms with Crippen molar-refractivity contribution >= 4 is 6.08 Å². The van der Waals surface area contributed by atoms with E-state index in [1.54, 1.807) is 0 Å². The average Bonchev–Trinajstić information content (AvgIpc) is 2.33. The second kappa shape index (κ2) is 2.26. The molecule has 0 spiro atoms. The van der Waals surface area contributed by atoms with Gasteiger partial charge < -0.3 is 4.42 Å². The van der Waals surface area contributed by atoms with Gasteiger partial charge in [0.15, 0.2) is 0 Å². The van der Waals surface area contributed by atoms with Gasteiger partial charge in [-0.15, -0.1) is 0 Å². The molecule has 1 heteroatoms. The van der Waals surface area contributed by atoms with Crippen molar-refractivity contribution in [1.82, 2.24) is 0 Å². The zero-order chi connectivity index (χ0) is 7.84. The minimum atomic E-state index is 1.07. The molecule has 1 aliphatic carbocycles. The summed E-state index contributed by atoms with van der Waals surface area (Å²) in [5.74, 6) is 1.16. The Hall–Kier alpha value is -0.980. The Kier molecular flexibility index (Phi) is 1.38. The van der Waals surface area contributed by atoms with Gasteiger partial charge in [-0.1, -0.05) is 11.6 Å². The van der Waals surface area contributed by atoms with Crippen molar-refractivity contribution in [3.8, 4) is 0 Å². The molecule has 0 N–H and O–H groups in total. The summed E-state index contributed by atoms with van der Waals surface area (Å²) in [6, 6.07) is 0. The molecule has 1 nitrogen and oxygen atoms in total. The molecule has 0 unspecified atom stereocenters. The molecule has 0 fully saturated rings. The van der Waals surface area contributed by atoms with E-state index in [0.29, 0.717) is 0 Å². The van der Waals surface area contributed by atoms with Crippen LogP contribution in [0.25, 0.3) is 6.08 Å². The molecule has 0 aliphatic heterocycles. The van der Waals surface area contributed by atoms with E-state index in [2.05, 4.69) is 19.9 Å². The van der Waals surface area contributed by atoms with E-state index in [-0.39, 0.29) is 0 Å². The highest BCUT2D eigenvalue weighted by molar-refractivity contribution is 5.59. The minimum absolute atomic E-state index is 1.07. The van der Waals surface area contributed by atoms with Crippen LogP contribution in [0.3, 0.4) is 0 Å². The minimum Gasteiger partial charge on any atom is -0.468 e. The lowest BCUT2D eigenvalue weighted by Crippen LogP contribution is -1.94. The Morgan fingerprint density at radius 2 is 2.09 bits per heavy atom. The fourth-order valence-electron chi connectivity index (χ4n) is 1.52. The maximum absolute atomic E-state index is 5.39. The van der Waals surface area contributed by atoms with Gasteiger partial charge in [0, 0.05) is 12.0 Å². The van der Waals surface area contributed by atoms with Crippen molar-refractivity contribution in [3.05, 3.63) is 28.7 Å². The topological polar surface area (TPSA) is 13.1 Å². The third-order valence-corrected chi connectivity index (χ3v) is 2.24. The molecule has 1 aromatic rings. The first kappa shape index (κ1) is 6.71. The van der Waals surface area contributed by atoms with Crippen molar-refractivity contribution in [3.63, 3.8) is 0 Å². The van der Waals surface area contributed by atoms with Gasteiger partial charge in [0.2, 0.25) is 0 Å². The first-order valence-corrected chi connectivity index (χ1v) is 4.01. The number of aryl methyl sites for hydroxylation is 2. The summed E-state index contributed by atoms with van der Waals surface area (Å²) in [6.45, 7) is 4.27. The normalized spacial score (nSPS) is 16.0. The van der Waals surface area contributed by atoms with E-state index >= 15 is 0 Å². The van der Waals surface area contributed by atoms with E-state index in [4.69, 9.17) is 4.42 Å². The van der Waals surface area contributed by atoms with Gasteiger partial charge in [0.1, 0.15) is 5.76 Å². The first-order chi connectivity index (χ1) is 5.27. The molecule has 0 atom stereocenters. The van der Waals surface area contributed by atoms with E-state index in [1.165, 1.54) is 16.7 Å². The molecule has 0 aromatic carbocycles. The van der Waals surface area contributed by atoms with Crippen LogP contribution in [0.4, 0.5) is 0 Å². The lowest BCUT2D eigenvalue weighted by molar-refractivity contribution is 0.504. The van der Waals surface area contributed by atoms with E-state index in [9.17, 15) is 0 Å². The molecule has 0 radical (unpaired) electrons. The molecular weight excluding hydrogens is 136 g/mol. The van der Waals surface area contributed by atoms with Gasteiger partial charge in [-0.3, -0.25) is 0 Å². The van der Waals surface area contributed by atoms with E-state index in [1.807, 2.05) is 6.26 Å². The number of furan rings is 1. The summed E-state index contributed by atoms with van der Waals surface area (Å²) in [6.07, 6.45) is 6.31. The fourth-order valence-corrected chi connectivity index (χ4v) is 1.52. The van der Waals surface area contributed by atoms with Crippen LogP contribution in [0.2, 0.25) is 0 Å². The molecule has 0 bridgehead atoms. The van der Waals surface area contributed by atoms with Crippen LogP contribution in [0, 0.1) is 6.92 Å². The Balaban J connectivity index is 2.55. The van der Waals surface area contributed by atoms with Gasteiger partial charge in [-0.2, -0.15) is 0 Å². The van der Waals surface area contributed by atoms with Crippen LogP contribution in [-0.4, -0.2) is 0 Å². The number of hydrogen-bond donors (Lipinski definition) is 0. The zero-order valence-corrected chi connectivity index (χ0v) is 6.98. The number of fused-ring (bicyclic) bond motifs is 1. The van der Waals surface area contributed by atoms with Crippen LogP contribution in [-0.2, 0) is 6.42 Å². The predicted molar refractivity (Wildman–Crippen MR) is 45.4 cm³/mol. The quantitative estimate of drug-likeness (QED) is 0.551. The lowest BCUT2D eigenvalue weighted by Gasteiger charge is -2.07. The summed E-state index contributed by atoms with van der Waals surface area (Å²) >= 11 is 0. The molecule has 11 heavy (non-hydrogen) atoms. The Labute approximate surface area is 66.7 Å². The zero-order valence-electron chi connectivity index (χ0n) is 6.98. The molecule has 0 saturated heterocycles. The molecule has 0 amide bonds. The van der Waals surface area contributed by atoms with Crippen molar-refractivity contribution in [2.45, 2.75) is 26.7 Å². The second-order valence-corrected chi connectivity index (χ2v) is 3.25. The summed E-state index contributed by atoms with van der Waals surface area (Å²) in [5, 5.41) is 0. The first-order valence-electron chi connectivity index (χ1n) is 4.01. The van der Waals surface area contributed by atoms with Crippen LogP contribution < -0.4 is 0 Å². The number of hydrogen-bond acceptors (Lipinski definition) is 1. The highest BCUT2D eigenvalue weighted by Crippen LogP contribution is 2.27. The Morgan fingerprint density at radius 3 is 2.91 bits per heavy atom. The third kappa shape index (κ3) is 1.01. The molecule has 0 saturated carbocycles. The van der Waals surface area contributed by atoms with Gasteiger partial charge in [0.05, 0.1) is 6.26 Å². The maximum atomic E-state index is 5.39. The molecular formula is C10H12O. The van der Waals surface area contributed by atoms with Crippen molar-refractivity contribution in [2.75, 3.05) is 0 Å². The van der Waals surface area contributed by atoms with Crippen molar-refractivity contribution in [1.29, 1.82) is 0 Å².